The number of fused-ring (bicyclic) bond motifs is 3. The Morgan fingerprint density at radius 3 is 2.74 bits per heavy atom. The maximum Gasteiger partial charge on any atom is 0.282 e. The molecule has 8 nitrogen and oxygen atoms in total. The normalized spacial score (nSPS) is 11.3. The molecule has 5 rings (SSSR count). The average molecular weight is 448 g/mol. The van der Waals surface area contributed by atoms with Gasteiger partial charge in [0.25, 0.3) is 5.91 Å². The smallest absolute Gasteiger partial charge is 0.282 e. The van der Waals surface area contributed by atoms with Crippen molar-refractivity contribution < 1.29 is 4.79 Å². The van der Waals surface area contributed by atoms with Crippen LogP contribution in [0.2, 0.25) is 0 Å². The maximum atomic E-state index is 12.4. The largest absolute Gasteiger partial charge is 0.346 e. The molecule has 1 N–H and O–H groups in total. The highest BCUT2D eigenvalue weighted by Gasteiger charge is 2.16. The van der Waals surface area contributed by atoms with E-state index in [1.165, 1.54) is 23.1 Å². The van der Waals surface area contributed by atoms with Crippen molar-refractivity contribution in [2.45, 2.75) is 24.4 Å². The van der Waals surface area contributed by atoms with Crippen LogP contribution in [0, 0.1) is 6.92 Å². The highest BCUT2D eigenvalue weighted by atomic mass is 32.2. The van der Waals surface area contributed by atoms with Crippen LogP contribution in [0.5, 0.6) is 0 Å². The van der Waals surface area contributed by atoms with Gasteiger partial charge in [-0.15, -0.1) is 15.3 Å². The Balaban J connectivity index is 1.31. The summed E-state index contributed by atoms with van der Waals surface area (Å²) in [7, 11) is 0. The molecule has 0 saturated carbocycles. The molecule has 0 aliphatic carbocycles. The van der Waals surface area contributed by atoms with Crippen LogP contribution in [0.3, 0.4) is 0 Å². The first-order valence-electron chi connectivity index (χ1n) is 9.57. The van der Waals surface area contributed by atoms with E-state index in [0.717, 1.165) is 32.3 Å². The summed E-state index contributed by atoms with van der Waals surface area (Å²) in [4.78, 5) is 21.7. The lowest BCUT2D eigenvalue weighted by Gasteiger charge is -2.05. The summed E-state index contributed by atoms with van der Waals surface area (Å²) in [6, 6.07) is 17.6. The molecule has 3 aromatic heterocycles. The van der Waals surface area contributed by atoms with Crippen LogP contribution in [0.15, 0.2) is 59.8 Å². The molecule has 5 aromatic rings. The first kappa shape index (κ1) is 19.6. The molecule has 0 saturated heterocycles. The molecule has 3 heterocycles. The minimum absolute atomic E-state index is 0.226. The van der Waals surface area contributed by atoms with Crippen molar-refractivity contribution in [2.24, 2.45) is 0 Å². The second-order valence-electron chi connectivity index (χ2n) is 6.76. The fourth-order valence-corrected chi connectivity index (χ4v) is 4.80. The van der Waals surface area contributed by atoms with Crippen LogP contribution >= 0.6 is 23.1 Å². The minimum Gasteiger partial charge on any atom is -0.346 e. The summed E-state index contributed by atoms with van der Waals surface area (Å²) >= 11 is 2.77. The zero-order valence-electron chi connectivity index (χ0n) is 16.5. The van der Waals surface area contributed by atoms with E-state index < -0.39 is 0 Å². The molecule has 0 spiro atoms. The molecule has 31 heavy (non-hydrogen) atoms. The Kier molecular flexibility index (Phi) is 5.31. The Morgan fingerprint density at radius 1 is 1.06 bits per heavy atom. The van der Waals surface area contributed by atoms with Gasteiger partial charge in [0.1, 0.15) is 10.8 Å². The Labute approximate surface area is 185 Å². The number of amides is 1. The van der Waals surface area contributed by atoms with Crippen molar-refractivity contribution in [3.63, 3.8) is 0 Å². The number of benzene rings is 2. The van der Waals surface area contributed by atoms with Crippen molar-refractivity contribution in [2.75, 3.05) is 0 Å². The number of nitrogens with one attached hydrogen (secondary N) is 1. The summed E-state index contributed by atoms with van der Waals surface area (Å²) in [5.41, 5.74) is 2.68. The first-order valence-corrected chi connectivity index (χ1v) is 11.4. The molecule has 0 atom stereocenters. The van der Waals surface area contributed by atoms with Gasteiger partial charge in [0.15, 0.2) is 10.8 Å². The maximum absolute atomic E-state index is 12.4. The van der Waals surface area contributed by atoms with Gasteiger partial charge in [-0.25, -0.2) is 9.97 Å². The standard InChI is InChI=1S/C21H17N7OS2/c1-13-23-18-15-9-5-6-10-16(15)24-21(28(18)27-13)30-12-17-25-26-20(31-17)19(29)22-11-14-7-3-2-4-8-14/h2-10H,11-12H2,1H3,(H,22,29). The van der Waals surface area contributed by atoms with Crippen LogP contribution in [0.1, 0.15) is 26.2 Å². The quantitative estimate of drug-likeness (QED) is 0.313. The van der Waals surface area contributed by atoms with Crippen LogP contribution < -0.4 is 5.32 Å². The number of carbonyl (C=O) groups excluding carboxylic acids is 1. The van der Waals surface area contributed by atoms with Gasteiger partial charge in [-0.1, -0.05) is 65.6 Å². The van der Waals surface area contributed by atoms with Crippen molar-refractivity contribution >= 4 is 45.6 Å². The number of rotatable bonds is 6. The fourth-order valence-electron chi connectivity index (χ4n) is 3.11. The van der Waals surface area contributed by atoms with Gasteiger partial charge in [-0.05, 0) is 24.6 Å². The van der Waals surface area contributed by atoms with Crippen molar-refractivity contribution in [1.29, 1.82) is 0 Å². The molecule has 2 aromatic carbocycles. The van der Waals surface area contributed by atoms with E-state index in [4.69, 9.17) is 4.98 Å². The molecule has 1 amide bonds. The van der Waals surface area contributed by atoms with Crippen molar-refractivity contribution in [3.8, 4) is 0 Å². The van der Waals surface area contributed by atoms with Crippen LogP contribution in [-0.2, 0) is 12.3 Å². The molecule has 0 unspecified atom stereocenters. The lowest BCUT2D eigenvalue weighted by molar-refractivity contribution is 0.0950. The zero-order chi connectivity index (χ0) is 21.2. The summed E-state index contributed by atoms with van der Waals surface area (Å²) < 4.78 is 1.76. The number of nitrogens with zero attached hydrogens (tertiary/aromatic N) is 6. The van der Waals surface area contributed by atoms with Gasteiger partial charge < -0.3 is 5.32 Å². The van der Waals surface area contributed by atoms with Gasteiger partial charge in [-0.3, -0.25) is 4.79 Å². The van der Waals surface area contributed by atoms with E-state index in [0.29, 0.717) is 23.1 Å². The average Bonchev–Trinajstić information content (AvgIpc) is 3.43. The van der Waals surface area contributed by atoms with E-state index in [2.05, 4.69) is 25.6 Å². The Hall–Kier alpha value is -3.37. The Bertz CT molecular complexity index is 1380. The van der Waals surface area contributed by atoms with Gasteiger partial charge in [0, 0.05) is 11.9 Å². The third kappa shape index (κ3) is 4.12. The molecule has 0 radical (unpaired) electrons. The molecule has 0 fully saturated rings. The number of aryl methyl sites for hydroxylation is 1. The van der Waals surface area contributed by atoms with Crippen LogP contribution in [-0.4, -0.2) is 35.7 Å². The second kappa shape index (κ2) is 8.40. The highest BCUT2D eigenvalue weighted by Crippen LogP contribution is 2.27. The molecule has 0 bridgehead atoms. The third-order valence-corrected chi connectivity index (χ3v) is 6.58. The summed E-state index contributed by atoms with van der Waals surface area (Å²) in [6.07, 6.45) is 0. The lowest BCUT2D eigenvalue weighted by atomic mass is 10.2. The first-order chi connectivity index (χ1) is 15.2. The van der Waals surface area contributed by atoms with E-state index in [1.54, 1.807) is 4.52 Å². The predicted octanol–water partition coefficient (Wildman–Crippen LogP) is 3.66. The van der Waals surface area contributed by atoms with E-state index >= 15 is 0 Å². The topological polar surface area (TPSA) is 98.0 Å². The summed E-state index contributed by atoms with van der Waals surface area (Å²) in [5.74, 6) is 0.993. The molecular formula is C21H17N7OS2. The van der Waals surface area contributed by atoms with Gasteiger partial charge in [0.05, 0.1) is 11.3 Å². The zero-order valence-corrected chi connectivity index (χ0v) is 18.2. The molecule has 10 heteroatoms. The predicted molar refractivity (Wildman–Crippen MR) is 120 cm³/mol. The molecule has 0 aliphatic rings. The number of hydrogen-bond donors (Lipinski definition) is 1. The molecular weight excluding hydrogens is 430 g/mol. The van der Waals surface area contributed by atoms with E-state index in [-0.39, 0.29) is 5.91 Å². The van der Waals surface area contributed by atoms with Crippen molar-refractivity contribution in [1.82, 2.24) is 35.1 Å². The van der Waals surface area contributed by atoms with Gasteiger partial charge >= 0.3 is 0 Å². The number of thioether (sulfide) groups is 1. The van der Waals surface area contributed by atoms with Gasteiger partial charge in [-0.2, -0.15) is 4.52 Å². The van der Waals surface area contributed by atoms with E-state index in [1.807, 2.05) is 61.5 Å². The van der Waals surface area contributed by atoms with Gasteiger partial charge in [0.2, 0.25) is 5.01 Å². The highest BCUT2D eigenvalue weighted by molar-refractivity contribution is 7.98. The van der Waals surface area contributed by atoms with Crippen LogP contribution in [0.4, 0.5) is 0 Å². The van der Waals surface area contributed by atoms with Crippen molar-refractivity contribution in [3.05, 3.63) is 76.0 Å². The monoisotopic (exact) mass is 447 g/mol. The molecule has 154 valence electrons. The number of hydrogen-bond acceptors (Lipinski definition) is 8. The number of para-hydroxylation sites is 1. The lowest BCUT2D eigenvalue weighted by Crippen LogP contribution is -2.22. The summed E-state index contributed by atoms with van der Waals surface area (Å²) in [5, 5.41) is 18.4. The number of aromatic nitrogens is 6. The SMILES string of the molecule is Cc1nc2c3ccccc3nc(SCc3nnc(C(=O)NCc4ccccc4)s3)n2n1. The Morgan fingerprint density at radius 2 is 1.87 bits per heavy atom. The molecule has 0 aliphatic heterocycles. The second-order valence-corrected chi connectivity index (χ2v) is 8.77. The third-order valence-electron chi connectivity index (χ3n) is 4.54. The fraction of sp³-hybridized carbons (Fsp3) is 0.143. The minimum atomic E-state index is -0.226. The van der Waals surface area contributed by atoms with E-state index in [9.17, 15) is 4.79 Å². The summed E-state index contributed by atoms with van der Waals surface area (Å²) in [6.45, 7) is 2.31. The number of carbonyl (C=O) groups is 1. The van der Waals surface area contributed by atoms with Crippen LogP contribution in [0.25, 0.3) is 16.6 Å².